The Morgan fingerprint density at radius 1 is 1.19 bits per heavy atom. The lowest BCUT2D eigenvalue weighted by atomic mass is 9.78. The van der Waals surface area contributed by atoms with E-state index in [0.717, 1.165) is 38.4 Å². The second-order valence-electron chi connectivity index (χ2n) is 6.50. The summed E-state index contributed by atoms with van der Waals surface area (Å²) in [4.78, 5) is 2.15. The van der Waals surface area contributed by atoms with Gasteiger partial charge < -0.3 is 5.11 Å². The number of hydrogen-bond acceptors (Lipinski definition) is 2. The van der Waals surface area contributed by atoms with E-state index in [9.17, 15) is 18.3 Å². The first-order valence-electron chi connectivity index (χ1n) is 7.46. The van der Waals surface area contributed by atoms with Crippen molar-refractivity contribution in [3.8, 4) is 0 Å². The van der Waals surface area contributed by atoms with E-state index in [-0.39, 0.29) is 5.92 Å². The van der Waals surface area contributed by atoms with Crippen LogP contribution in [0.4, 0.5) is 13.2 Å². The highest BCUT2D eigenvalue weighted by Crippen LogP contribution is 2.36. The monoisotopic (exact) mass is 299 g/mol. The van der Waals surface area contributed by atoms with E-state index in [0.29, 0.717) is 18.5 Å². The van der Waals surface area contributed by atoms with E-state index in [1.807, 2.05) is 0 Å². The Morgan fingerprint density at radius 2 is 1.86 bits per heavy atom. The lowest BCUT2D eigenvalue weighted by Gasteiger charge is -2.47. The fourth-order valence-corrected chi connectivity index (χ4v) is 3.38. The maximum absolute atomic E-state index is 12.9. The highest BCUT2D eigenvalue weighted by molar-refractivity contribution is 5.30. The topological polar surface area (TPSA) is 23.5 Å². The van der Waals surface area contributed by atoms with Crippen molar-refractivity contribution in [3.63, 3.8) is 0 Å². The van der Waals surface area contributed by atoms with E-state index in [1.165, 1.54) is 6.07 Å². The number of β-amino-alcohol motifs (C(OH)–C–C–N with tert-alkyl or cyclic N) is 1. The fourth-order valence-electron chi connectivity index (χ4n) is 3.38. The van der Waals surface area contributed by atoms with E-state index in [1.54, 1.807) is 12.1 Å². The van der Waals surface area contributed by atoms with Crippen molar-refractivity contribution in [3.05, 3.63) is 35.4 Å². The average Bonchev–Trinajstić information content (AvgIpc) is 2.33. The number of hydrogen-bond donors (Lipinski definition) is 1. The summed E-state index contributed by atoms with van der Waals surface area (Å²) in [5.74, 6) is 0.261. The molecule has 2 fully saturated rings. The molecule has 1 aromatic rings. The molecule has 1 N–H and O–H groups in total. The molecule has 3 rings (SSSR count). The molecule has 5 heteroatoms. The van der Waals surface area contributed by atoms with Crippen LogP contribution in [0.2, 0.25) is 0 Å². The van der Waals surface area contributed by atoms with Crippen LogP contribution in [0.3, 0.4) is 0 Å². The Bertz CT molecular complexity index is 504. The summed E-state index contributed by atoms with van der Waals surface area (Å²) in [6, 6.07) is 5.83. The minimum absolute atomic E-state index is 0.261. The summed E-state index contributed by atoms with van der Waals surface area (Å²) in [6.07, 6.45) is -1.03. The van der Waals surface area contributed by atoms with Crippen LogP contribution in [-0.2, 0) is 12.6 Å². The van der Waals surface area contributed by atoms with Gasteiger partial charge in [-0.3, -0.25) is 4.90 Å². The molecular formula is C16H20F3NO. The number of benzene rings is 1. The first-order valence-corrected chi connectivity index (χ1v) is 7.46. The van der Waals surface area contributed by atoms with Gasteiger partial charge in [0.2, 0.25) is 0 Å². The van der Waals surface area contributed by atoms with Gasteiger partial charge >= 0.3 is 6.18 Å². The van der Waals surface area contributed by atoms with E-state index in [2.05, 4.69) is 4.90 Å². The Labute approximate surface area is 122 Å². The van der Waals surface area contributed by atoms with Crippen LogP contribution >= 0.6 is 0 Å². The third kappa shape index (κ3) is 3.24. The molecule has 2 aliphatic rings. The van der Waals surface area contributed by atoms with Crippen LogP contribution in [0.25, 0.3) is 0 Å². The molecule has 116 valence electrons. The Morgan fingerprint density at radius 3 is 2.43 bits per heavy atom. The van der Waals surface area contributed by atoms with Gasteiger partial charge in [0.25, 0.3) is 0 Å². The van der Waals surface area contributed by atoms with Crippen LogP contribution in [0.5, 0.6) is 0 Å². The third-order valence-electron chi connectivity index (χ3n) is 4.67. The molecule has 0 bridgehead atoms. The van der Waals surface area contributed by atoms with E-state index in [4.69, 9.17) is 0 Å². The zero-order chi connectivity index (χ0) is 15.1. The molecule has 1 aliphatic heterocycles. The zero-order valence-electron chi connectivity index (χ0n) is 11.9. The molecular weight excluding hydrogens is 279 g/mol. The molecule has 1 aliphatic carbocycles. The maximum atomic E-state index is 12.9. The van der Waals surface area contributed by atoms with Gasteiger partial charge in [0.15, 0.2) is 0 Å². The lowest BCUT2D eigenvalue weighted by molar-refractivity contribution is -0.138. The number of alkyl halides is 3. The summed E-state index contributed by atoms with van der Waals surface area (Å²) >= 11 is 0. The SMILES string of the molecule is OC1(CN2CC(Cc3ccccc3C(F)(F)F)C2)CCC1. The minimum Gasteiger partial charge on any atom is -0.389 e. The molecule has 0 atom stereocenters. The van der Waals surface area contributed by atoms with Crippen molar-refractivity contribution in [2.24, 2.45) is 5.92 Å². The number of likely N-dealkylation sites (tertiary alicyclic amines) is 1. The van der Waals surface area contributed by atoms with Crippen LogP contribution in [0.1, 0.15) is 30.4 Å². The predicted octanol–water partition coefficient (Wildman–Crippen LogP) is 3.09. The molecule has 21 heavy (non-hydrogen) atoms. The quantitative estimate of drug-likeness (QED) is 0.923. The van der Waals surface area contributed by atoms with Crippen LogP contribution in [0.15, 0.2) is 24.3 Å². The van der Waals surface area contributed by atoms with Gasteiger partial charge in [0.05, 0.1) is 11.2 Å². The van der Waals surface area contributed by atoms with Gasteiger partial charge in [-0.05, 0) is 43.2 Å². The zero-order valence-corrected chi connectivity index (χ0v) is 11.9. The van der Waals surface area contributed by atoms with Crippen LogP contribution < -0.4 is 0 Å². The summed E-state index contributed by atoms with van der Waals surface area (Å²) in [6.45, 7) is 2.24. The summed E-state index contributed by atoms with van der Waals surface area (Å²) in [5, 5.41) is 10.1. The van der Waals surface area contributed by atoms with Crippen molar-refractivity contribution >= 4 is 0 Å². The number of halogens is 3. The number of aliphatic hydroxyl groups is 1. The molecule has 1 heterocycles. The molecule has 0 radical (unpaired) electrons. The predicted molar refractivity (Wildman–Crippen MR) is 73.9 cm³/mol. The molecule has 0 aromatic heterocycles. The Kier molecular flexibility index (Phi) is 3.74. The summed E-state index contributed by atoms with van der Waals surface area (Å²) in [5.41, 5.74) is -0.660. The van der Waals surface area contributed by atoms with E-state index >= 15 is 0 Å². The standard InChI is InChI=1S/C16H20F3NO/c17-16(18,19)14-5-2-1-4-13(14)8-12-9-20(10-12)11-15(21)6-3-7-15/h1-2,4-5,12,21H,3,6-11H2. The second kappa shape index (κ2) is 5.29. The smallest absolute Gasteiger partial charge is 0.389 e. The lowest BCUT2D eigenvalue weighted by Crippen LogP contribution is -2.56. The van der Waals surface area contributed by atoms with Crippen molar-refractivity contribution in [2.75, 3.05) is 19.6 Å². The third-order valence-corrected chi connectivity index (χ3v) is 4.67. The van der Waals surface area contributed by atoms with Crippen LogP contribution in [-0.4, -0.2) is 35.2 Å². The largest absolute Gasteiger partial charge is 0.416 e. The Balaban J connectivity index is 1.55. The summed E-state index contributed by atoms with van der Waals surface area (Å²) in [7, 11) is 0. The average molecular weight is 299 g/mol. The molecule has 0 unspecified atom stereocenters. The van der Waals surface area contributed by atoms with Crippen molar-refractivity contribution < 1.29 is 18.3 Å². The number of rotatable bonds is 4. The van der Waals surface area contributed by atoms with Crippen molar-refractivity contribution in [1.29, 1.82) is 0 Å². The minimum atomic E-state index is -4.28. The maximum Gasteiger partial charge on any atom is 0.416 e. The number of nitrogens with zero attached hydrogens (tertiary/aromatic N) is 1. The Hall–Kier alpha value is -1.07. The molecule has 1 aromatic carbocycles. The van der Waals surface area contributed by atoms with Gasteiger partial charge in [-0.2, -0.15) is 13.2 Å². The van der Waals surface area contributed by atoms with Crippen molar-refractivity contribution in [1.82, 2.24) is 4.90 Å². The van der Waals surface area contributed by atoms with Gasteiger partial charge in [-0.1, -0.05) is 18.2 Å². The highest BCUT2D eigenvalue weighted by atomic mass is 19.4. The van der Waals surface area contributed by atoms with Crippen LogP contribution in [0, 0.1) is 5.92 Å². The molecule has 1 saturated heterocycles. The molecule has 0 amide bonds. The van der Waals surface area contributed by atoms with E-state index < -0.39 is 17.3 Å². The molecule has 1 saturated carbocycles. The fraction of sp³-hybridized carbons (Fsp3) is 0.625. The van der Waals surface area contributed by atoms with Gasteiger partial charge in [-0.15, -0.1) is 0 Å². The molecule has 0 spiro atoms. The van der Waals surface area contributed by atoms with Gasteiger partial charge in [0, 0.05) is 19.6 Å². The molecule has 2 nitrogen and oxygen atoms in total. The summed E-state index contributed by atoms with van der Waals surface area (Å²) < 4.78 is 38.8. The normalized spacial score (nSPS) is 22.7. The first kappa shape index (κ1) is 14.9. The van der Waals surface area contributed by atoms with Gasteiger partial charge in [-0.25, -0.2) is 0 Å². The van der Waals surface area contributed by atoms with Crippen molar-refractivity contribution in [2.45, 2.75) is 37.5 Å². The second-order valence-corrected chi connectivity index (χ2v) is 6.50. The highest BCUT2D eigenvalue weighted by Gasteiger charge is 2.40. The van der Waals surface area contributed by atoms with Gasteiger partial charge in [0.1, 0.15) is 0 Å². The first-order chi connectivity index (χ1) is 9.86.